The van der Waals surface area contributed by atoms with Crippen LogP contribution in [0.4, 0.5) is 0 Å². The molecule has 3 atom stereocenters. The standard InChI is InChI=1S/C17H34N4O4/c1-10(2)9-13(16(23)21-14(11(3)4)17(24)25)20-15(22)12(19)7-5-6-8-18/h10-14H,5-9,18-19H2,1-4H3,(H,20,22)(H,21,23)(H,24,25)/t12-,13-,14-/m0/s1. The largest absolute Gasteiger partial charge is 0.480 e. The fourth-order valence-electron chi connectivity index (χ4n) is 2.39. The van der Waals surface area contributed by atoms with Crippen molar-refractivity contribution in [2.45, 2.75) is 71.5 Å². The summed E-state index contributed by atoms with van der Waals surface area (Å²) >= 11 is 0. The van der Waals surface area contributed by atoms with Crippen LogP contribution < -0.4 is 22.1 Å². The number of nitrogens with one attached hydrogen (secondary N) is 2. The minimum absolute atomic E-state index is 0.145. The molecule has 0 aliphatic heterocycles. The molecule has 7 N–H and O–H groups in total. The molecule has 0 unspecified atom stereocenters. The van der Waals surface area contributed by atoms with E-state index in [0.29, 0.717) is 19.4 Å². The number of carbonyl (C=O) groups is 3. The van der Waals surface area contributed by atoms with E-state index in [-0.39, 0.29) is 11.8 Å². The van der Waals surface area contributed by atoms with Gasteiger partial charge in [-0.2, -0.15) is 0 Å². The van der Waals surface area contributed by atoms with E-state index >= 15 is 0 Å². The molecule has 0 saturated carbocycles. The van der Waals surface area contributed by atoms with Crippen LogP contribution in [0.2, 0.25) is 0 Å². The van der Waals surface area contributed by atoms with Gasteiger partial charge in [0.15, 0.2) is 0 Å². The van der Waals surface area contributed by atoms with Crippen molar-refractivity contribution in [1.29, 1.82) is 0 Å². The third-order valence-electron chi connectivity index (χ3n) is 3.88. The number of aliphatic carboxylic acids is 1. The summed E-state index contributed by atoms with van der Waals surface area (Å²) in [4.78, 5) is 36.0. The second-order valence-electron chi connectivity index (χ2n) is 7.15. The number of nitrogens with two attached hydrogens (primary N) is 2. The van der Waals surface area contributed by atoms with Crippen LogP contribution in [0.3, 0.4) is 0 Å². The second-order valence-corrected chi connectivity index (χ2v) is 7.15. The zero-order valence-corrected chi connectivity index (χ0v) is 15.7. The van der Waals surface area contributed by atoms with E-state index in [4.69, 9.17) is 11.5 Å². The molecule has 0 aromatic heterocycles. The van der Waals surface area contributed by atoms with E-state index in [1.165, 1.54) is 0 Å². The van der Waals surface area contributed by atoms with Crippen molar-refractivity contribution in [2.24, 2.45) is 23.3 Å². The normalized spacial score (nSPS) is 14.9. The van der Waals surface area contributed by atoms with Gasteiger partial charge in [0.25, 0.3) is 0 Å². The van der Waals surface area contributed by atoms with Gasteiger partial charge in [-0.15, -0.1) is 0 Å². The fourth-order valence-corrected chi connectivity index (χ4v) is 2.39. The molecule has 0 aliphatic rings. The first-order chi connectivity index (χ1) is 11.6. The molecule has 146 valence electrons. The lowest BCUT2D eigenvalue weighted by molar-refractivity contribution is -0.143. The van der Waals surface area contributed by atoms with E-state index in [2.05, 4.69) is 10.6 Å². The molecule has 2 amide bonds. The number of unbranched alkanes of at least 4 members (excludes halogenated alkanes) is 1. The number of hydrogen-bond donors (Lipinski definition) is 5. The summed E-state index contributed by atoms with van der Waals surface area (Å²) in [6, 6.07) is -2.53. The molecule has 8 nitrogen and oxygen atoms in total. The maximum absolute atomic E-state index is 12.5. The maximum Gasteiger partial charge on any atom is 0.326 e. The Morgan fingerprint density at radius 2 is 1.60 bits per heavy atom. The van der Waals surface area contributed by atoms with Crippen LogP contribution in [0, 0.1) is 11.8 Å². The molecule has 0 fully saturated rings. The minimum Gasteiger partial charge on any atom is -0.480 e. The van der Waals surface area contributed by atoms with Crippen molar-refractivity contribution in [3.05, 3.63) is 0 Å². The van der Waals surface area contributed by atoms with E-state index in [1.54, 1.807) is 13.8 Å². The number of rotatable bonds is 12. The number of carbonyl (C=O) groups excluding carboxylic acids is 2. The molecule has 0 aromatic carbocycles. The van der Waals surface area contributed by atoms with Gasteiger partial charge in [-0.05, 0) is 37.6 Å². The molecule has 0 saturated heterocycles. The predicted molar refractivity (Wildman–Crippen MR) is 96.7 cm³/mol. The highest BCUT2D eigenvalue weighted by Crippen LogP contribution is 2.09. The zero-order valence-electron chi connectivity index (χ0n) is 15.7. The summed E-state index contributed by atoms with van der Waals surface area (Å²) in [5.74, 6) is -2.13. The summed E-state index contributed by atoms with van der Waals surface area (Å²) in [6.45, 7) is 7.80. The monoisotopic (exact) mass is 358 g/mol. The van der Waals surface area contributed by atoms with Gasteiger partial charge in [0.05, 0.1) is 6.04 Å². The summed E-state index contributed by atoms with van der Waals surface area (Å²) < 4.78 is 0. The Balaban J connectivity index is 4.90. The van der Waals surface area contributed by atoms with Gasteiger partial charge in [-0.25, -0.2) is 4.79 Å². The Hall–Kier alpha value is -1.67. The molecule has 0 aliphatic carbocycles. The topological polar surface area (TPSA) is 148 Å². The average Bonchev–Trinajstić information content (AvgIpc) is 2.50. The van der Waals surface area contributed by atoms with Crippen molar-refractivity contribution in [3.8, 4) is 0 Å². The van der Waals surface area contributed by atoms with Gasteiger partial charge >= 0.3 is 5.97 Å². The van der Waals surface area contributed by atoms with E-state index in [9.17, 15) is 19.5 Å². The van der Waals surface area contributed by atoms with Gasteiger partial charge in [0.1, 0.15) is 12.1 Å². The summed E-state index contributed by atoms with van der Waals surface area (Å²) in [5, 5.41) is 14.4. The first-order valence-electron chi connectivity index (χ1n) is 8.89. The molecule has 25 heavy (non-hydrogen) atoms. The number of amides is 2. The van der Waals surface area contributed by atoms with Gasteiger partial charge < -0.3 is 27.2 Å². The summed E-state index contributed by atoms with van der Waals surface area (Å²) in [6.07, 6.45) is 2.41. The highest BCUT2D eigenvalue weighted by atomic mass is 16.4. The fraction of sp³-hybridized carbons (Fsp3) is 0.824. The van der Waals surface area contributed by atoms with E-state index in [0.717, 1.165) is 12.8 Å². The van der Waals surface area contributed by atoms with Gasteiger partial charge in [-0.3, -0.25) is 9.59 Å². The van der Waals surface area contributed by atoms with Gasteiger partial charge in [-0.1, -0.05) is 34.1 Å². The molecule has 0 spiro atoms. The second kappa shape index (κ2) is 11.8. The zero-order chi connectivity index (χ0) is 19.6. The first kappa shape index (κ1) is 23.3. The Morgan fingerprint density at radius 3 is 2.04 bits per heavy atom. The minimum atomic E-state index is -1.10. The van der Waals surface area contributed by atoms with Crippen LogP contribution in [0.25, 0.3) is 0 Å². The van der Waals surface area contributed by atoms with E-state index in [1.807, 2.05) is 13.8 Å². The lowest BCUT2D eigenvalue weighted by Gasteiger charge is -2.25. The van der Waals surface area contributed by atoms with Crippen LogP contribution in [-0.2, 0) is 14.4 Å². The molecule has 0 heterocycles. The van der Waals surface area contributed by atoms with Gasteiger partial charge in [0, 0.05) is 0 Å². The van der Waals surface area contributed by atoms with Crippen LogP contribution in [0.5, 0.6) is 0 Å². The lowest BCUT2D eigenvalue weighted by Crippen LogP contribution is -2.55. The highest BCUT2D eigenvalue weighted by molar-refractivity contribution is 5.91. The molecule has 8 heteroatoms. The molecular weight excluding hydrogens is 324 g/mol. The maximum atomic E-state index is 12.5. The van der Waals surface area contributed by atoms with Crippen molar-refractivity contribution in [1.82, 2.24) is 10.6 Å². The van der Waals surface area contributed by atoms with Crippen molar-refractivity contribution < 1.29 is 19.5 Å². The molecule has 0 radical (unpaired) electrons. The summed E-state index contributed by atoms with van der Waals surface area (Å²) in [5.41, 5.74) is 11.3. The predicted octanol–water partition coefficient (Wildman–Crippen LogP) is 0.199. The van der Waals surface area contributed by atoms with Gasteiger partial charge in [0.2, 0.25) is 11.8 Å². The number of carboxylic acid groups (broad SMARTS) is 1. The quantitative estimate of drug-likeness (QED) is 0.315. The Kier molecular flexibility index (Phi) is 11.0. The number of carboxylic acids is 1. The summed E-state index contributed by atoms with van der Waals surface area (Å²) in [7, 11) is 0. The first-order valence-corrected chi connectivity index (χ1v) is 8.89. The van der Waals surface area contributed by atoms with Crippen LogP contribution in [0.1, 0.15) is 53.4 Å². The average molecular weight is 358 g/mol. The Morgan fingerprint density at radius 1 is 1.00 bits per heavy atom. The number of hydrogen-bond acceptors (Lipinski definition) is 5. The van der Waals surface area contributed by atoms with Crippen molar-refractivity contribution in [3.63, 3.8) is 0 Å². The van der Waals surface area contributed by atoms with Crippen LogP contribution in [0.15, 0.2) is 0 Å². The third-order valence-corrected chi connectivity index (χ3v) is 3.88. The van der Waals surface area contributed by atoms with Crippen LogP contribution >= 0.6 is 0 Å². The van der Waals surface area contributed by atoms with Crippen molar-refractivity contribution in [2.75, 3.05) is 6.54 Å². The molecule has 0 aromatic rings. The van der Waals surface area contributed by atoms with Crippen molar-refractivity contribution >= 4 is 17.8 Å². The Labute approximate surface area is 150 Å². The van der Waals surface area contributed by atoms with E-state index < -0.39 is 35.9 Å². The molecular formula is C17H34N4O4. The molecule has 0 rings (SSSR count). The molecule has 0 bridgehead atoms. The van der Waals surface area contributed by atoms with Crippen LogP contribution in [-0.4, -0.2) is 47.6 Å². The highest BCUT2D eigenvalue weighted by Gasteiger charge is 2.29. The Bertz CT molecular complexity index is 440. The SMILES string of the molecule is CC(C)C[C@H](NC(=O)[C@@H](N)CCCCN)C(=O)N[C@H](C(=O)O)C(C)C. The third kappa shape index (κ3) is 9.40. The smallest absolute Gasteiger partial charge is 0.326 e. The lowest BCUT2D eigenvalue weighted by atomic mass is 10.00.